The molecule has 0 radical (unpaired) electrons. The fourth-order valence-electron chi connectivity index (χ4n) is 5.78. The number of nitrogens with zero attached hydrogens (tertiary/aromatic N) is 2. The highest BCUT2D eigenvalue weighted by Gasteiger charge is 2.48. The minimum atomic E-state index is -0.399. The Morgan fingerprint density at radius 1 is 1.15 bits per heavy atom. The van der Waals surface area contributed by atoms with E-state index in [-0.39, 0.29) is 24.3 Å². The number of amides is 1. The number of aryl methyl sites for hydroxylation is 1. The molecule has 2 unspecified atom stereocenters. The van der Waals surface area contributed by atoms with Gasteiger partial charge in [-0.3, -0.25) is 4.79 Å². The number of carbonyl (C=O) groups is 1. The van der Waals surface area contributed by atoms with E-state index in [1.54, 1.807) is 0 Å². The highest BCUT2D eigenvalue weighted by molar-refractivity contribution is 6.08. The SMILES string of the molecule is Cc1cccc2c1C1CCC(CC1)O/C=C1/C(=NC(=O)[C@@H]3CCCO3)CCN1C1OC1CO2. The predicted molar refractivity (Wildman–Crippen MR) is 122 cm³/mol. The van der Waals surface area contributed by atoms with Gasteiger partial charge in [-0.1, -0.05) is 12.1 Å². The molecule has 0 spiro atoms. The predicted octanol–water partition coefficient (Wildman–Crippen LogP) is 3.85. The van der Waals surface area contributed by atoms with Crippen LogP contribution in [0.25, 0.3) is 0 Å². The van der Waals surface area contributed by atoms with E-state index in [4.69, 9.17) is 18.9 Å². The van der Waals surface area contributed by atoms with Crippen LogP contribution >= 0.6 is 0 Å². The molecule has 3 saturated heterocycles. The summed E-state index contributed by atoms with van der Waals surface area (Å²) in [5.41, 5.74) is 4.32. The molecule has 0 N–H and O–H groups in total. The second-order valence-corrected chi connectivity index (χ2v) is 9.82. The van der Waals surface area contributed by atoms with E-state index in [1.165, 1.54) is 11.1 Å². The Morgan fingerprint density at radius 2 is 2.03 bits per heavy atom. The average Bonchev–Trinajstić information content (AvgIpc) is 3.19. The van der Waals surface area contributed by atoms with Gasteiger partial charge in [0.2, 0.25) is 0 Å². The molecule has 1 aromatic carbocycles. The molecule has 3 atom stereocenters. The van der Waals surface area contributed by atoms with Crippen molar-refractivity contribution in [3.05, 3.63) is 41.3 Å². The molecule has 6 aliphatic rings. The van der Waals surface area contributed by atoms with Crippen molar-refractivity contribution in [2.45, 2.75) is 82.3 Å². The van der Waals surface area contributed by atoms with Crippen LogP contribution in [0, 0.1) is 6.92 Å². The van der Waals surface area contributed by atoms with Gasteiger partial charge in [-0.25, -0.2) is 4.99 Å². The number of carbonyl (C=O) groups excluding carboxylic acids is 1. The fraction of sp³-hybridized carbons (Fsp3) is 0.615. The molecule has 33 heavy (non-hydrogen) atoms. The number of fused-ring (bicyclic) bond motifs is 4. The maximum Gasteiger partial charge on any atom is 0.275 e. The number of hydrogen-bond acceptors (Lipinski definition) is 6. The van der Waals surface area contributed by atoms with E-state index in [0.29, 0.717) is 25.6 Å². The summed E-state index contributed by atoms with van der Waals surface area (Å²) in [6.07, 6.45) is 8.10. The summed E-state index contributed by atoms with van der Waals surface area (Å²) < 4.78 is 24.2. The zero-order chi connectivity index (χ0) is 22.4. The Bertz CT molecular complexity index is 975. The van der Waals surface area contributed by atoms with Crippen molar-refractivity contribution in [2.24, 2.45) is 4.99 Å². The third-order valence-electron chi connectivity index (χ3n) is 7.65. The van der Waals surface area contributed by atoms with Crippen molar-refractivity contribution in [3.63, 3.8) is 0 Å². The van der Waals surface area contributed by atoms with Crippen molar-refractivity contribution >= 4 is 11.6 Å². The van der Waals surface area contributed by atoms with Gasteiger partial charge >= 0.3 is 0 Å². The van der Waals surface area contributed by atoms with E-state index < -0.39 is 6.10 Å². The molecule has 5 heterocycles. The lowest BCUT2D eigenvalue weighted by molar-refractivity contribution is -0.126. The van der Waals surface area contributed by atoms with Crippen molar-refractivity contribution in [3.8, 4) is 5.75 Å². The average molecular weight is 453 g/mol. The van der Waals surface area contributed by atoms with E-state index in [0.717, 1.165) is 62.2 Å². The Hall–Kier alpha value is -2.38. The number of benzene rings is 1. The number of ether oxygens (including phenoxy) is 4. The van der Waals surface area contributed by atoms with Gasteiger partial charge in [0.15, 0.2) is 6.23 Å². The van der Waals surface area contributed by atoms with Crippen LogP contribution in [0.15, 0.2) is 35.2 Å². The third-order valence-corrected chi connectivity index (χ3v) is 7.65. The molecule has 1 amide bonds. The Morgan fingerprint density at radius 3 is 2.85 bits per heavy atom. The number of rotatable bonds is 1. The molecule has 176 valence electrons. The lowest BCUT2D eigenvalue weighted by Crippen LogP contribution is -2.28. The second-order valence-electron chi connectivity index (χ2n) is 9.82. The first-order valence-electron chi connectivity index (χ1n) is 12.4. The first kappa shape index (κ1) is 21.2. The summed E-state index contributed by atoms with van der Waals surface area (Å²) in [4.78, 5) is 19.3. The van der Waals surface area contributed by atoms with Gasteiger partial charge < -0.3 is 23.8 Å². The van der Waals surface area contributed by atoms with Crippen molar-refractivity contribution in [2.75, 3.05) is 19.8 Å². The summed E-state index contributed by atoms with van der Waals surface area (Å²) >= 11 is 0. The Kier molecular flexibility index (Phi) is 5.62. The van der Waals surface area contributed by atoms with Crippen LogP contribution in [0.2, 0.25) is 0 Å². The molecule has 1 aliphatic carbocycles. The normalized spacial score (nSPS) is 36.0. The summed E-state index contributed by atoms with van der Waals surface area (Å²) in [5, 5.41) is 0. The molecular weight excluding hydrogens is 420 g/mol. The maximum absolute atomic E-state index is 12.6. The lowest BCUT2D eigenvalue weighted by Gasteiger charge is -2.31. The van der Waals surface area contributed by atoms with Gasteiger partial charge in [-0.2, -0.15) is 0 Å². The van der Waals surface area contributed by atoms with Gasteiger partial charge in [-0.05, 0) is 63.0 Å². The number of allylic oxidation sites excluding steroid dienone is 1. The molecule has 1 aromatic rings. The van der Waals surface area contributed by atoms with Crippen LogP contribution in [0.5, 0.6) is 5.75 Å². The molecule has 7 rings (SSSR count). The zero-order valence-corrected chi connectivity index (χ0v) is 19.2. The summed E-state index contributed by atoms with van der Waals surface area (Å²) in [7, 11) is 0. The lowest BCUT2D eigenvalue weighted by atomic mass is 9.80. The van der Waals surface area contributed by atoms with E-state index in [1.807, 2.05) is 6.26 Å². The molecular formula is C26H32N2O5. The van der Waals surface area contributed by atoms with Gasteiger partial charge in [0.25, 0.3) is 5.91 Å². The van der Waals surface area contributed by atoms with Crippen LogP contribution in [-0.2, 0) is 19.0 Å². The number of hydrogen-bond donors (Lipinski definition) is 0. The Balaban J connectivity index is 1.27. The molecule has 0 aromatic heterocycles. The van der Waals surface area contributed by atoms with Crippen LogP contribution < -0.4 is 4.74 Å². The van der Waals surface area contributed by atoms with E-state index in [9.17, 15) is 4.79 Å². The summed E-state index contributed by atoms with van der Waals surface area (Å²) in [6, 6.07) is 6.35. The topological polar surface area (TPSA) is 72.9 Å². The smallest absolute Gasteiger partial charge is 0.275 e. The van der Waals surface area contributed by atoms with Gasteiger partial charge in [-0.15, -0.1) is 0 Å². The minimum Gasteiger partial charge on any atom is -0.496 e. The minimum absolute atomic E-state index is 0.00453. The summed E-state index contributed by atoms with van der Waals surface area (Å²) in [6.45, 7) is 4.10. The molecule has 1 saturated carbocycles. The van der Waals surface area contributed by atoms with E-state index >= 15 is 0 Å². The van der Waals surface area contributed by atoms with E-state index in [2.05, 4.69) is 35.0 Å². The highest BCUT2D eigenvalue weighted by Crippen LogP contribution is 2.42. The highest BCUT2D eigenvalue weighted by atomic mass is 16.6. The van der Waals surface area contributed by atoms with Gasteiger partial charge in [0.05, 0.1) is 17.5 Å². The van der Waals surface area contributed by atoms with Crippen molar-refractivity contribution in [1.82, 2.24) is 4.90 Å². The van der Waals surface area contributed by atoms with Crippen molar-refractivity contribution in [1.29, 1.82) is 0 Å². The number of epoxide rings is 1. The molecule has 5 aliphatic heterocycles. The first-order chi connectivity index (χ1) is 16.2. The molecule has 7 nitrogen and oxygen atoms in total. The van der Waals surface area contributed by atoms with Crippen LogP contribution in [-0.4, -0.2) is 60.8 Å². The molecule has 7 heteroatoms. The standard InChI is InChI=1S/C26H32N2O5/c1-16-4-2-5-21-24(16)17-7-9-18(10-8-17)31-14-20-19(27-25(29)22-6-3-13-30-22)11-12-28(20)26-23(33-26)15-32-21/h2,4-5,14,17-18,22-23,26H,3,6-13,15H2,1H3/b20-14-,27-19?/t17?,18?,22-,23?,26?/m0/s1. The monoisotopic (exact) mass is 452 g/mol. The second kappa shape index (κ2) is 8.76. The van der Waals surface area contributed by atoms with Crippen molar-refractivity contribution < 1.29 is 23.7 Å². The number of aliphatic imine (C=N–C) groups is 1. The van der Waals surface area contributed by atoms with Gasteiger partial charge in [0.1, 0.15) is 30.8 Å². The van der Waals surface area contributed by atoms with Crippen LogP contribution in [0.4, 0.5) is 0 Å². The van der Waals surface area contributed by atoms with Crippen LogP contribution in [0.1, 0.15) is 62.0 Å². The Labute approximate surface area is 194 Å². The largest absolute Gasteiger partial charge is 0.496 e. The quantitative estimate of drug-likeness (QED) is 0.603. The molecule has 4 fully saturated rings. The van der Waals surface area contributed by atoms with Gasteiger partial charge in [0, 0.05) is 25.1 Å². The zero-order valence-electron chi connectivity index (χ0n) is 19.2. The summed E-state index contributed by atoms with van der Waals surface area (Å²) in [5.74, 6) is 1.32. The molecule has 2 bridgehead atoms. The first-order valence-corrected chi connectivity index (χ1v) is 12.4. The third kappa shape index (κ3) is 4.17. The fourth-order valence-corrected chi connectivity index (χ4v) is 5.78. The maximum atomic E-state index is 12.6. The van der Waals surface area contributed by atoms with Crippen LogP contribution in [0.3, 0.4) is 0 Å².